The average Bonchev–Trinajstić information content (AvgIpc) is 1.87. The van der Waals surface area contributed by atoms with Gasteiger partial charge < -0.3 is 5.73 Å². The first-order valence-corrected chi connectivity index (χ1v) is 4.18. The van der Waals surface area contributed by atoms with Gasteiger partial charge in [0.1, 0.15) is 0 Å². The van der Waals surface area contributed by atoms with Gasteiger partial charge in [-0.3, -0.25) is 0 Å². The molecule has 1 nitrogen and oxygen atoms in total. The topological polar surface area (TPSA) is 26.0 Å². The van der Waals surface area contributed by atoms with Crippen molar-refractivity contribution in [2.75, 3.05) is 0 Å². The van der Waals surface area contributed by atoms with Crippen molar-refractivity contribution in [1.82, 2.24) is 0 Å². The Morgan fingerprint density at radius 2 is 1.82 bits per heavy atom. The molecule has 0 saturated carbocycles. The molecule has 0 amide bonds. The Hall–Kier alpha value is -0.720. The normalized spacial score (nSPS) is 16.3. The maximum Gasteiger partial charge on any atom is 0.0272 e. The van der Waals surface area contributed by atoms with Crippen molar-refractivity contribution in [2.45, 2.75) is 27.7 Å². The molecule has 2 N–H and O–H groups in total. The Morgan fingerprint density at radius 3 is 2.18 bits per heavy atom. The van der Waals surface area contributed by atoms with E-state index in [1.54, 1.807) is 0 Å². The molecule has 0 aromatic rings. The van der Waals surface area contributed by atoms with Crippen LogP contribution in [0.2, 0.25) is 0 Å². The van der Waals surface area contributed by atoms with Gasteiger partial charge in [-0.05, 0) is 24.8 Å². The van der Waals surface area contributed by atoms with Crippen molar-refractivity contribution in [3.05, 3.63) is 23.9 Å². The molecule has 0 aromatic carbocycles. The van der Waals surface area contributed by atoms with E-state index in [1.807, 2.05) is 19.1 Å². The van der Waals surface area contributed by atoms with Gasteiger partial charge in [-0.25, -0.2) is 0 Å². The molecule has 0 heterocycles. The molecule has 1 unspecified atom stereocenters. The first-order chi connectivity index (χ1) is 5.07. The van der Waals surface area contributed by atoms with Crippen LogP contribution in [0.5, 0.6) is 0 Å². The van der Waals surface area contributed by atoms with Gasteiger partial charge in [0.05, 0.1) is 0 Å². The molecule has 64 valence electrons. The second kappa shape index (κ2) is 5.00. The minimum atomic E-state index is 0.561. The molecular weight excluding hydrogens is 134 g/mol. The zero-order chi connectivity index (χ0) is 8.85. The highest BCUT2D eigenvalue weighted by atomic mass is 14.6. The molecule has 0 aliphatic rings. The predicted molar refractivity (Wildman–Crippen MR) is 51.1 cm³/mol. The fourth-order valence-electron chi connectivity index (χ4n) is 0.744. The number of hydrogen-bond donors (Lipinski definition) is 1. The van der Waals surface area contributed by atoms with Gasteiger partial charge in [0.15, 0.2) is 0 Å². The van der Waals surface area contributed by atoms with E-state index in [2.05, 4.69) is 26.8 Å². The first-order valence-electron chi connectivity index (χ1n) is 4.18. The van der Waals surface area contributed by atoms with Crippen molar-refractivity contribution in [3.8, 4) is 0 Å². The molecule has 0 bridgehead atoms. The SMILES string of the molecule is C/C=C\C(N)=C/C(C)C(C)C. The fourth-order valence-corrected chi connectivity index (χ4v) is 0.744. The number of rotatable bonds is 3. The maximum atomic E-state index is 5.70. The lowest BCUT2D eigenvalue weighted by Gasteiger charge is -2.10. The number of nitrogens with two attached hydrogens (primary N) is 1. The van der Waals surface area contributed by atoms with Crippen LogP contribution in [0.4, 0.5) is 0 Å². The first kappa shape index (κ1) is 10.3. The smallest absolute Gasteiger partial charge is 0.0272 e. The molecule has 0 saturated heterocycles. The highest BCUT2D eigenvalue weighted by Crippen LogP contribution is 2.11. The summed E-state index contributed by atoms with van der Waals surface area (Å²) in [6.07, 6.45) is 5.99. The Kier molecular flexibility index (Phi) is 4.67. The van der Waals surface area contributed by atoms with Crippen LogP contribution < -0.4 is 5.73 Å². The van der Waals surface area contributed by atoms with Crippen LogP contribution in [0.1, 0.15) is 27.7 Å². The molecule has 0 aliphatic heterocycles. The van der Waals surface area contributed by atoms with E-state index in [4.69, 9.17) is 5.73 Å². The van der Waals surface area contributed by atoms with Crippen LogP contribution in [-0.2, 0) is 0 Å². The third-order valence-corrected chi connectivity index (χ3v) is 1.87. The number of allylic oxidation sites excluding steroid dienone is 3. The Balaban J connectivity index is 4.07. The monoisotopic (exact) mass is 153 g/mol. The standard InChI is InChI=1S/C10H19N/c1-5-6-10(11)7-9(4)8(2)3/h5-9H,11H2,1-4H3/b6-5-,10-7+. The number of hydrogen-bond acceptors (Lipinski definition) is 1. The largest absolute Gasteiger partial charge is 0.399 e. The fraction of sp³-hybridized carbons (Fsp3) is 0.600. The molecule has 1 heteroatoms. The molecule has 0 aliphatic carbocycles. The van der Waals surface area contributed by atoms with Crippen molar-refractivity contribution < 1.29 is 0 Å². The van der Waals surface area contributed by atoms with E-state index < -0.39 is 0 Å². The lowest BCUT2D eigenvalue weighted by Crippen LogP contribution is -2.04. The van der Waals surface area contributed by atoms with E-state index in [0.29, 0.717) is 11.8 Å². The summed E-state index contributed by atoms with van der Waals surface area (Å²) in [5.41, 5.74) is 6.57. The van der Waals surface area contributed by atoms with Gasteiger partial charge in [-0.15, -0.1) is 0 Å². The van der Waals surface area contributed by atoms with Crippen LogP contribution in [0.15, 0.2) is 23.9 Å². The van der Waals surface area contributed by atoms with Crippen LogP contribution in [-0.4, -0.2) is 0 Å². The highest BCUT2D eigenvalue weighted by Gasteiger charge is 2.02. The third kappa shape index (κ3) is 4.65. The van der Waals surface area contributed by atoms with Crippen molar-refractivity contribution in [1.29, 1.82) is 0 Å². The second-order valence-corrected chi connectivity index (χ2v) is 3.27. The van der Waals surface area contributed by atoms with Gasteiger partial charge in [-0.2, -0.15) is 0 Å². The zero-order valence-corrected chi connectivity index (χ0v) is 7.96. The van der Waals surface area contributed by atoms with E-state index in [-0.39, 0.29) is 0 Å². The van der Waals surface area contributed by atoms with Gasteiger partial charge in [0.25, 0.3) is 0 Å². The quantitative estimate of drug-likeness (QED) is 0.620. The molecule has 0 fully saturated rings. The minimum absolute atomic E-state index is 0.561. The summed E-state index contributed by atoms with van der Waals surface area (Å²) in [6, 6.07) is 0. The molecule has 0 spiro atoms. The highest BCUT2D eigenvalue weighted by molar-refractivity contribution is 5.14. The van der Waals surface area contributed by atoms with Gasteiger partial charge >= 0.3 is 0 Å². The van der Waals surface area contributed by atoms with Crippen molar-refractivity contribution in [2.24, 2.45) is 17.6 Å². The van der Waals surface area contributed by atoms with Crippen LogP contribution >= 0.6 is 0 Å². The summed E-state index contributed by atoms with van der Waals surface area (Å²) in [5.74, 6) is 1.23. The molecule has 1 atom stereocenters. The summed E-state index contributed by atoms with van der Waals surface area (Å²) < 4.78 is 0. The van der Waals surface area contributed by atoms with Crippen LogP contribution in [0, 0.1) is 11.8 Å². The molecule has 11 heavy (non-hydrogen) atoms. The lowest BCUT2D eigenvalue weighted by molar-refractivity contribution is 0.502. The predicted octanol–water partition coefficient (Wildman–Crippen LogP) is 2.70. The summed E-state index contributed by atoms with van der Waals surface area (Å²) in [5, 5.41) is 0. The minimum Gasteiger partial charge on any atom is -0.399 e. The Morgan fingerprint density at radius 1 is 1.27 bits per heavy atom. The summed E-state index contributed by atoms with van der Waals surface area (Å²) >= 11 is 0. The summed E-state index contributed by atoms with van der Waals surface area (Å²) in [6.45, 7) is 8.55. The second-order valence-electron chi connectivity index (χ2n) is 3.27. The van der Waals surface area contributed by atoms with E-state index in [0.717, 1.165) is 5.70 Å². The van der Waals surface area contributed by atoms with Gasteiger partial charge in [-0.1, -0.05) is 32.9 Å². The summed E-state index contributed by atoms with van der Waals surface area (Å²) in [7, 11) is 0. The maximum absolute atomic E-state index is 5.70. The summed E-state index contributed by atoms with van der Waals surface area (Å²) in [4.78, 5) is 0. The van der Waals surface area contributed by atoms with Crippen molar-refractivity contribution in [3.63, 3.8) is 0 Å². The Bertz CT molecular complexity index is 154. The van der Waals surface area contributed by atoms with Crippen LogP contribution in [0.25, 0.3) is 0 Å². The van der Waals surface area contributed by atoms with E-state index in [9.17, 15) is 0 Å². The Labute approximate surface area is 70.0 Å². The molecular formula is C10H19N. The lowest BCUT2D eigenvalue weighted by atomic mass is 9.97. The average molecular weight is 153 g/mol. The molecule has 0 radical (unpaired) electrons. The van der Waals surface area contributed by atoms with Gasteiger partial charge in [0, 0.05) is 5.70 Å². The third-order valence-electron chi connectivity index (χ3n) is 1.87. The van der Waals surface area contributed by atoms with E-state index in [1.165, 1.54) is 0 Å². The van der Waals surface area contributed by atoms with Crippen molar-refractivity contribution >= 4 is 0 Å². The molecule has 0 aromatic heterocycles. The zero-order valence-electron chi connectivity index (χ0n) is 7.96. The molecule has 0 rings (SSSR count). The van der Waals surface area contributed by atoms with Gasteiger partial charge in [0.2, 0.25) is 0 Å². The van der Waals surface area contributed by atoms with E-state index >= 15 is 0 Å². The van der Waals surface area contributed by atoms with Crippen LogP contribution in [0.3, 0.4) is 0 Å².